The lowest BCUT2D eigenvalue weighted by Crippen LogP contribution is -2.43. The van der Waals surface area contributed by atoms with E-state index in [4.69, 9.17) is 4.74 Å². The Hall–Kier alpha value is -1.62. The SMILES string of the molecule is COc1ccc(CN(C)C(=O)C2NCCC2C)cc1F. The van der Waals surface area contributed by atoms with Crippen LogP contribution in [-0.4, -0.2) is 37.6 Å². The molecule has 4 nitrogen and oxygen atoms in total. The van der Waals surface area contributed by atoms with E-state index in [1.165, 1.54) is 13.2 Å². The van der Waals surface area contributed by atoms with E-state index in [0.29, 0.717) is 12.5 Å². The number of nitrogens with one attached hydrogen (secondary N) is 1. The van der Waals surface area contributed by atoms with E-state index in [9.17, 15) is 9.18 Å². The fourth-order valence-electron chi connectivity index (χ4n) is 2.56. The van der Waals surface area contributed by atoms with Crippen molar-refractivity contribution >= 4 is 5.91 Å². The Morgan fingerprint density at radius 2 is 2.30 bits per heavy atom. The lowest BCUT2D eigenvalue weighted by Gasteiger charge is -2.23. The third kappa shape index (κ3) is 3.10. The van der Waals surface area contributed by atoms with Gasteiger partial charge in [0.2, 0.25) is 5.91 Å². The van der Waals surface area contributed by atoms with E-state index in [1.807, 2.05) is 0 Å². The van der Waals surface area contributed by atoms with Crippen molar-refractivity contribution in [3.8, 4) is 5.75 Å². The quantitative estimate of drug-likeness (QED) is 0.914. The lowest BCUT2D eigenvalue weighted by atomic mass is 10.0. The van der Waals surface area contributed by atoms with E-state index in [0.717, 1.165) is 18.5 Å². The van der Waals surface area contributed by atoms with Crippen LogP contribution in [0, 0.1) is 11.7 Å². The Kier molecular flexibility index (Phi) is 4.60. The third-order valence-corrected chi connectivity index (χ3v) is 3.81. The largest absolute Gasteiger partial charge is 0.494 e. The Balaban J connectivity index is 2.02. The maximum Gasteiger partial charge on any atom is 0.240 e. The van der Waals surface area contributed by atoms with Crippen LogP contribution in [0.1, 0.15) is 18.9 Å². The minimum absolute atomic E-state index is 0.0613. The predicted octanol–water partition coefficient (Wildman–Crippen LogP) is 1.79. The first kappa shape index (κ1) is 14.8. The predicted molar refractivity (Wildman–Crippen MR) is 75.0 cm³/mol. The molecule has 1 amide bonds. The van der Waals surface area contributed by atoms with Crippen LogP contribution in [0.3, 0.4) is 0 Å². The van der Waals surface area contributed by atoms with Crippen LogP contribution in [0.25, 0.3) is 0 Å². The Morgan fingerprint density at radius 1 is 1.55 bits per heavy atom. The van der Waals surface area contributed by atoms with E-state index >= 15 is 0 Å². The summed E-state index contributed by atoms with van der Waals surface area (Å²) in [6.45, 7) is 3.34. The molecule has 2 unspecified atom stereocenters. The van der Waals surface area contributed by atoms with Gasteiger partial charge in [-0.05, 0) is 36.6 Å². The first-order valence-electron chi connectivity index (χ1n) is 6.83. The average Bonchev–Trinajstić information content (AvgIpc) is 2.84. The number of rotatable bonds is 4. The summed E-state index contributed by atoms with van der Waals surface area (Å²) in [7, 11) is 3.18. The molecule has 110 valence electrons. The smallest absolute Gasteiger partial charge is 0.240 e. The van der Waals surface area contributed by atoms with Crippen molar-refractivity contribution in [2.75, 3.05) is 20.7 Å². The van der Waals surface area contributed by atoms with E-state index in [2.05, 4.69) is 12.2 Å². The molecular formula is C15H21FN2O2. The van der Waals surface area contributed by atoms with Gasteiger partial charge >= 0.3 is 0 Å². The number of carbonyl (C=O) groups excluding carboxylic acids is 1. The molecule has 5 heteroatoms. The van der Waals surface area contributed by atoms with Crippen LogP contribution in [0.2, 0.25) is 0 Å². The number of methoxy groups -OCH3 is 1. The zero-order valence-corrected chi connectivity index (χ0v) is 12.1. The molecule has 1 aliphatic heterocycles. The molecule has 2 atom stereocenters. The average molecular weight is 280 g/mol. The molecule has 1 aromatic carbocycles. The highest BCUT2D eigenvalue weighted by Gasteiger charge is 2.31. The van der Waals surface area contributed by atoms with Crippen molar-refractivity contribution in [1.82, 2.24) is 10.2 Å². The van der Waals surface area contributed by atoms with Crippen LogP contribution in [-0.2, 0) is 11.3 Å². The van der Waals surface area contributed by atoms with Crippen LogP contribution in [0.5, 0.6) is 5.75 Å². The van der Waals surface area contributed by atoms with Gasteiger partial charge in [-0.1, -0.05) is 13.0 Å². The molecule has 0 aliphatic carbocycles. The zero-order chi connectivity index (χ0) is 14.7. The van der Waals surface area contributed by atoms with Crippen LogP contribution < -0.4 is 10.1 Å². The summed E-state index contributed by atoms with van der Waals surface area (Å²) in [5.74, 6) is 0.218. The van der Waals surface area contributed by atoms with Crippen molar-refractivity contribution < 1.29 is 13.9 Å². The number of hydrogen-bond donors (Lipinski definition) is 1. The van der Waals surface area contributed by atoms with Crippen molar-refractivity contribution in [3.63, 3.8) is 0 Å². The highest BCUT2D eigenvalue weighted by atomic mass is 19.1. The minimum Gasteiger partial charge on any atom is -0.494 e. The normalized spacial score (nSPS) is 21.8. The van der Waals surface area contributed by atoms with Gasteiger partial charge in [-0.2, -0.15) is 0 Å². The highest BCUT2D eigenvalue weighted by molar-refractivity contribution is 5.82. The van der Waals surface area contributed by atoms with E-state index in [1.54, 1.807) is 24.1 Å². The molecule has 0 bridgehead atoms. The van der Waals surface area contributed by atoms with Gasteiger partial charge in [-0.15, -0.1) is 0 Å². The van der Waals surface area contributed by atoms with Crippen molar-refractivity contribution in [2.24, 2.45) is 5.92 Å². The van der Waals surface area contributed by atoms with Gasteiger partial charge in [0.1, 0.15) is 0 Å². The molecule has 0 radical (unpaired) electrons. The van der Waals surface area contributed by atoms with E-state index in [-0.39, 0.29) is 17.7 Å². The van der Waals surface area contributed by atoms with Crippen molar-refractivity contribution in [1.29, 1.82) is 0 Å². The number of halogens is 1. The summed E-state index contributed by atoms with van der Waals surface area (Å²) in [5, 5.41) is 3.22. The van der Waals surface area contributed by atoms with E-state index < -0.39 is 5.82 Å². The number of benzene rings is 1. The fourth-order valence-corrected chi connectivity index (χ4v) is 2.56. The number of amides is 1. The number of likely N-dealkylation sites (N-methyl/N-ethyl adjacent to an activating group) is 1. The highest BCUT2D eigenvalue weighted by Crippen LogP contribution is 2.20. The molecular weight excluding hydrogens is 259 g/mol. The molecule has 0 aromatic heterocycles. The summed E-state index contributed by atoms with van der Waals surface area (Å²) < 4.78 is 18.5. The van der Waals surface area contributed by atoms with Gasteiger partial charge in [-0.3, -0.25) is 4.79 Å². The maximum atomic E-state index is 13.6. The first-order valence-corrected chi connectivity index (χ1v) is 6.83. The molecule has 1 aliphatic rings. The third-order valence-electron chi connectivity index (χ3n) is 3.81. The van der Waals surface area contributed by atoms with Gasteiger partial charge in [0, 0.05) is 13.6 Å². The monoisotopic (exact) mass is 280 g/mol. The lowest BCUT2D eigenvalue weighted by molar-refractivity contribution is -0.133. The van der Waals surface area contributed by atoms with Crippen LogP contribution in [0.4, 0.5) is 4.39 Å². The molecule has 2 rings (SSSR count). The van der Waals surface area contributed by atoms with Gasteiger partial charge < -0.3 is 15.0 Å². The summed E-state index contributed by atoms with van der Waals surface area (Å²) in [4.78, 5) is 14.0. The van der Waals surface area contributed by atoms with Gasteiger partial charge in [0.25, 0.3) is 0 Å². The van der Waals surface area contributed by atoms with Crippen LogP contribution >= 0.6 is 0 Å². The zero-order valence-electron chi connectivity index (χ0n) is 12.1. The topological polar surface area (TPSA) is 41.6 Å². The maximum absolute atomic E-state index is 13.6. The molecule has 1 heterocycles. The summed E-state index contributed by atoms with van der Waals surface area (Å²) >= 11 is 0. The van der Waals surface area contributed by atoms with Crippen molar-refractivity contribution in [2.45, 2.75) is 25.9 Å². The summed E-state index contributed by atoms with van der Waals surface area (Å²) in [6.07, 6.45) is 1.02. The fraction of sp³-hybridized carbons (Fsp3) is 0.533. The summed E-state index contributed by atoms with van der Waals surface area (Å²) in [5.41, 5.74) is 0.754. The molecule has 1 N–H and O–H groups in total. The second-order valence-electron chi connectivity index (χ2n) is 5.36. The van der Waals surface area contributed by atoms with Gasteiger partial charge in [-0.25, -0.2) is 4.39 Å². The number of ether oxygens (including phenoxy) is 1. The van der Waals surface area contributed by atoms with Crippen LogP contribution in [0.15, 0.2) is 18.2 Å². The second kappa shape index (κ2) is 6.22. The standard InChI is InChI=1S/C15H21FN2O2/c1-10-6-7-17-14(10)15(19)18(2)9-11-4-5-13(20-3)12(16)8-11/h4-5,8,10,14,17H,6-7,9H2,1-3H3. The number of nitrogens with zero attached hydrogens (tertiary/aromatic N) is 1. The first-order chi connectivity index (χ1) is 9.52. The number of carbonyl (C=O) groups is 1. The Morgan fingerprint density at radius 3 is 2.85 bits per heavy atom. The summed E-state index contributed by atoms with van der Waals surface area (Å²) in [6, 6.07) is 4.65. The van der Waals surface area contributed by atoms with Crippen molar-refractivity contribution in [3.05, 3.63) is 29.6 Å². The minimum atomic E-state index is -0.404. The molecule has 1 fully saturated rings. The molecule has 1 aromatic rings. The number of hydrogen-bond acceptors (Lipinski definition) is 3. The molecule has 0 saturated carbocycles. The Labute approximate surface area is 118 Å². The van der Waals surface area contributed by atoms with Gasteiger partial charge in [0.15, 0.2) is 11.6 Å². The molecule has 0 spiro atoms. The molecule has 1 saturated heterocycles. The second-order valence-corrected chi connectivity index (χ2v) is 5.36. The molecule has 20 heavy (non-hydrogen) atoms. The Bertz CT molecular complexity index is 493. The van der Waals surface area contributed by atoms with Gasteiger partial charge in [0.05, 0.1) is 13.2 Å².